The van der Waals surface area contributed by atoms with Gasteiger partial charge in [-0.1, -0.05) is 0 Å². The highest BCUT2D eigenvalue weighted by Crippen LogP contribution is 2.32. The quantitative estimate of drug-likeness (QED) is 0.516. The highest BCUT2D eigenvalue weighted by Gasteiger charge is 2.19. The highest BCUT2D eigenvalue weighted by atomic mass is 19.1. The number of benzene rings is 2. The van der Waals surface area contributed by atoms with Crippen molar-refractivity contribution in [2.45, 2.75) is 6.92 Å². The summed E-state index contributed by atoms with van der Waals surface area (Å²) in [4.78, 5) is 36.3. The fourth-order valence-corrected chi connectivity index (χ4v) is 2.58. The van der Waals surface area contributed by atoms with Crippen LogP contribution in [0.3, 0.4) is 0 Å². The fourth-order valence-electron chi connectivity index (χ4n) is 2.58. The molecular formula is C19H21FN4O5. The molecule has 0 aromatic heterocycles. The Hall–Kier alpha value is -3.53. The normalized spacial score (nSPS) is 10.5. The number of aryl methyl sites for hydroxylation is 1. The van der Waals surface area contributed by atoms with Gasteiger partial charge in [0.15, 0.2) is 5.75 Å². The first-order chi connectivity index (χ1) is 13.7. The molecule has 0 aliphatic carbocycles. The molecule has 0 fully saturated rings. The maximum absolute atomic E-state index is 12.9. The van der Waals surface area contributed by atoms with Crippen LogP contribution in [0.2, 0.25) is 0 Å². The van der Waals surface area contributed by atoms with E-state index in [4.69, 9.17) is 4.74 Å². The number of nitrogens with one attached hydrogen (secondary N) is 2. The maximum atomic E-state index is 12.9. The average molecular weight is 404 g/mol. The Morgan fingerprint density at radius 2 is 1.72 bits per heavy atom. The summed E-state index contributed by atoms with van der Waals surface area (Å²) in [6.45, 7) is 1.48. The summed E-state index contributed by atoms with van der Waals surface area (Å²) in [5, 5.41) is 16.3. The van der Waals surface area contributed by atoms with Gasteiger partial charge in [0.2, 0.25) is 11.8 Å². The van der Waals surface area contributed by atoms with Crippen molar-refractivity contribution in [2.75, 3.05) is 37.9 Å². The second-order valence-electron chi connectivity index (χ2n) is 6.37. The average Bonchev–Trinajstić information content (AvgIpc) is 2.64. The van der Waals surface area contributed by atoms with Gasteiger partial charge in [0.05, 0.1) is 25.1 Å². The summed E-state index contributed by atoms with van der Waals surface area (Å²) >= 11 is 0. The molecule has 0 saturated heterocycles. The number of nitrogens with zero attached hydrogens (tertiary/aromatic N) is 2. The Balaban J connectivity index is 1.93. The third-order valence-electron chi connectivity index (χ3n) is 3.95. The molecule has 2 amide bonds. The smallest absolute Gasteiger partial charge is 0.311 e. The predicted octanol–water partition coefficient (Wildman–Crippen LogP) is 2.56. The van der Waals surface area contributed by atoms with Gasteiger partial charge in [0.1, 0.15) is 5.82 Å². The molecule has 2 aromatic rings. The van der Waals surface area contributed by atoms with Gasteiger partial charge in [-0.3, -0.25) is 24.6 Å². The number of anilines is 2. The predicted molar refractivity (Wildman–Crippen MR) is 106 cm³/mol. The molecule has 0 unspecified atom stereocenters. The van der Waals surface area contributed by atoms with Gasteiger partial charge in [-0.15, -0.1) is 0 Å². The molecule has 0 bridgehead atoms. The van der Waals surface area contributed by atoms with E-state index in [0.29, 0.717) is 16.9 Å². The van der Waals surface area contributed by atoms with Crippen molar-refractivity contribution >= 4 is 28.9 Å². The summed E-state index contributed by atoms with van der Waals surface area (Å²) in [5.74, 6) is -1.14. The number of halogens is 1. The number of carbonyl (C=O) groups is 2. The number of likely N-dealkylation sites (N-methyl/N-ethyl adjacent to an activating group) is 1. The van der Waals surface area contributed by atoms with Crippen LogP contribution >= 0.6 is 0 Å². The summed E-state index contributed by atoms with van der Waals surface area (Å²) in [6, 6.07) is 8.03. The summed E-state index contributed by atoms with van der Waals surface area (Å²) in [6.07, 6.45) is 0. The molecule has 0 aliphatic heterocycles. The minimum absolute atomic E-state index is 0.0305. The topological polar surface area (TPSA) is 114 Å². The SMILES string of the molecule is COc1cc(NC(=O)CN(C)CC(=O)Nc2ccc(F)cc2)c(C)cc1[N+](=O)[O-]. The molecular weight excluding hydrogens is 383 g/mol. The van der Waals surface area contributed by atoms with Gasteiger partial charge in [-0.05, 0) is 43.8 Å². The molecule has 0 heterocycles. The summed E-state index contributed by atoms with van der Waals surface area (Å²) in [7, 11) is 2.89. The van der Waals surface area contributed by atoms with Crippen LogP contribution in [0.5, 0.6) is 5.75 Å². The molecule has 29 heavy (non-hydrogen) atoms. The van der Waals surface area contributed by atoms with Crippen LogP contribution in [0.4, 0.5) is 21.5 Å². The minimum Gasteiger partial charge on any atom is -0.490 e. The van der Waals surface area contributed by atoms with Crippen LogP contribution in [0.15, 0.2) is 36.4 Å². The van der Waals surface area contributed by atoms with Crippen molar-refractivity contribution in [3.63, 3.8) is 0 Å². The maximum Gasteiger partial charge on any atom is 0.311 e. The van der Waals surface area contributed by atoms with E-state index >= 15 is 0 Å². The van der Waals surface area contributed by atoms with Crippen molar-refractivity contribution in [2.24, 2.45) is 0 Å². The lowest BCUT2D eigenvalue weighted by Gasteiger charge is -2.17. The van der Waals surface area contributed by atoms with Crippen molar-refractivity contribution in [1.29, 1.82) is 0 Å². The van der Waals surface area contributed by atoms with Crippen LogP contribution in [-0.4, -0.2) is 48.9 Å². The lowest BCUT2D eigenvalue weighted by molar-refractivity contribution is -0.385. The third kappa shape index (κ3) is 6.25. The summed E-state index contributed by atoms with van der Waals surface area (Å²) in [5.41, 5.74) is 1.13. The Morgan fingerprint density at radius 1 is 1.14 bits per heavy atom. The molecule has 9 nitrogen and oxygen atoms in total. The Labute approximate surface area is 166 Å². The van der Waals surface area contributed by atoms with E-state index in [0.717, 1.165) is 0 Å². The van der Waals surface area contributed by atoms with E-state index < -0.39 is 16.6 Å². The first-order valence-electron chi connectivity index (χ1n) is 8.56. The van der Waals surface area contributed by atoms with E-state index in [9.17, 15) is 24.1 Å². The number of carbonyl (C=O) groups excluding carboxylic acids is 2. The largest absolute Gasteiger partial charge is 0.490 e. The number of methoxy groups -OCH3 is 1. The molecule has 154 valence electrons. The first-order valence-corrected chi connectivity index (χ1v) is 8.56. The van der Waals surface area contributed by atoms with Gasteiger partial charge in [-0.2, -0.15) is 0 Å². The molecule has 0 atom stereocenters. The molecule has 2 N–H and O–H groups in total. The van der Waals surface area contributed by atoms with Crippen LogP contribution in [0.1, 0.15) is 5.56 Å². The van der Waals surface area contributed by atoms with Crippen molar-refractivity contribution in [1.82, 2.24) is 4.90 Å². The molecule has 0 spiro atoms. The highest BCUT2D eigenvalue weighted by molar-refractivity contribution is 5.95. The number of rotatable bonds is 8. The van der Waals surface area contributed by atoms with E-state index in [1.807, 2.05) is 0 Å². The molecule has 10 heteroatoms. The zero-order chi connectivity index (χ0) is 21.6. The third-order valence-corrected chi connectivity index (χ3v) is 3.95. The van der Waals surface area contributed by atoms with E-state index in [-0.39, 0.29) is 30.4 Å². The van der Waals surface area contributed by atoms with Crippen LogP contribution in [0.25, 0.3) is 0 Å². The minimum atomic E-state index is -0.565. The lowest BCUT2D eigenvalue weighted by atomic mass is 10.1. The Bertz CT molecular complexity index is 918. The number of hydrogen-bond acceptors (Lipinski definition) is 6. The molecule has 2 rings (SSSR count). The van der Waals surface area contributed by atoms with E-state index in [1.165, 1.54) is 48.4 Å². The second kappa shape index (κ2) is 9.60. The number of ether oxygens (including phenoxy) is 1. The van der Waals surface area contributed by atoms with Gasteiger partial charge < -0.3 is 15.4 Å². The van der Waals surface area contributed by atoms with Gasteiger partial charge in [0.25, 0.3) is 0 Å². The number of nitro groups is 1. The summed E-state index contributed by atoms with van der Waals surface area (Å²) < 4.78 is 17.9. The first kappa shape index (κ1) is 21.8. The number of nitro benzene ring substituents is 1. The zero-order valence-electron chi connectivity index (χ0n) is 16.2. The lowest BCUT2D eigenvalue weighted by Crippen LogP contribution is -2.36. The fraction of sp³-hybridized carbons (Fsp3) is 0.263. The van der Waals surface area contributed by atoms with Crippen LogP contribution in [-0.2, 0) is 9.59 Å². The van der Waals surface area contributed by atoms with Crippen molar-refractivity contribution in [3.05, 3.63) is 57.9 Å². The number of amides is 2. The van der Waals surface area contributed by atoms with Gasteiger partial charge >= 0.3 is 5.69 Å². The van der Waals surface area contributed by atoms with Crippen molar-refractivity contribution < 1.29 is 23.6 Å². The van der Waals surface area contributed by atoms with Crippen LogP contribution in [0, 0.1) is 22.9 Å². The Kier molecular flexibility index (Phi) is 7.21. The van der Waals surface area contributed by atoms with E-state index in [1.54, 1.807) is 14.0 Å². The molecule has 0 saturated carbocycles. The molecule has 0 aliphatic rings. The Morgan fingerprint density at radius 3 is 2.28 bits per heavy atom. The number of hydrogen-bond donors (Lipinski definition) is 2. The second-order valence-corrected chi connectivity index (χ2v) is 6.37. The zero-order valence-corrected chi connectivity index (χ0v) is 16.2. The monoisotopic (exact) mass is 404 g/mol. The van der Waals surface area contributed by atoms with Crippen LogP contribution < -0.4 is 15.4 Å². The van der Waals surface area contributed by atoms with Gasteiger partial charge in [0, 0.05) is 23.5 Å². The van der Waals surface area contributed by atoms with Crippen molar-refractivity contribution in [3.8, 4) is 5.75 Å². The molecule has 0 radical (unpaired) electrons. The standard InChI is InChI=1S/C19H21FN4O5/c1-12-8-16(24(27)28)17(29-3)9-15(12)22-19(26)11-23(2)10-18(25)21-14-6-4-13(20)5-7-14/h4-9H,10-11H2,1-3H3,(H,21,25)(H,22,26). The molecule has 2 aromatic carbocycles. The van der Waals surface area contributed by atoms with E-state index in [2.05, 4.69) is 10.6 Å². The van der Waals surface area contributed by atoms with Gasteiger partial charge in [-0.25, -0.2) is 4.39 Å².